The highest BCUT2D eigenvalue weighted by Gasteiger charge is 2.38. The number of nitrogens with zero attached hydrogens (tertiary/aromatic N) is 4. The summed E-state index contributed by atoms with van der Waals surface area (Å²) < 4.78 is 13.1. The summed E-state index contributed by atoms with van der Waals surface area (Å²) in [5, 5.41) is 8.14. The van der Waals surface area contributed by atoms with E-state index in [0.29, 0.717) is 10.7 Å². The molecule has 1 atom stereocenters. The zero-order valence-corrected chi connectivity index (χ0v) is 18.2. The highest BCUT2D eigenvalue weighted by Crippen LogP contribution is 2.30. The van der Waals surface area contributed by atoms with Gasteiger partial charge in [0.2, 0.25) is 5.91 Å². The van der Waals surface area contributed by atoms with Crippen LogP contribution in [0.25, 0.3) is 0 Å². The number of amides is 1. The van der Waals surface area contributed by atoms with E-state index in [4.69, 9.17) is 0 Å². The molecule has 0 aromatic heterocycles. The first-order chi connectivity index (χ1) is 14.9. The summed E-state index contributed by atoms with van der Waals surface area (Å²) in [5.41, 5.74) is 2.32. The summed E-state index contributed by atoms with van der Waals surface area (Å²) in [6.45, 7) is 3.96. The zero-order chi connectivity index (χ0) is 22.4. The number of Topliss-reactive ketones (excluding diaryl/α,β-unsaturated/α-hetero) is 1. The van der Waals surface area contributed by atoms with Gasteiger partial charge in [-0.15, -0.1) is 11.7 Å². The third-order valence-corrected chi connectivity index (χ3v) is 5.79. The van der Waals surface area contributed by atoms with Crippen LogP contribution < -0.4 is 4.90 Å². The van der Waals surface area contributed by atoms with E-state index in [2.05, 4.69) is 16.8 Å². The summed E-state index contributed by atoms with van der Waals surface area (Å²) in [6.07, 6.45) is 3.21. The molecule has 1 heterocycles. The number of ketones is 1. The topological polar surface area (TPSA) is 65.3 Å². The van der Waals surface area contributed by atoms with Crippen LogP contribution in [0.3, 0.4) is 0 Å². The standard InChI is InChI=1S/C23H23FN4O2S/c1-4-13-28-22(30)21(14-20(29)17-7-9-18(24)10-8-17)31-23(28)26-25-15-16-5-11-19(12-6-16)27(2)3/h4-12,15,21H,1,13-14H2,2-3H3/b25-15-,26-23-/t21-/m0/s1. The van der Waals surface area contributed by atoms with Gasteiger partial charge in [0.1, 0.15) is 5.82 Å². The van der Waals surface area contributed by atoms with Crippen LogP contribution in [-0.4, -0.2) is 53.9 Å². The minimum absolute atomic E-state index is 0.00247. The first-order valence-electron chi connectivity index (χ1n) is 9.65. The Labute approximate surface area is 185 Å². The number of carbonyl (C=O) groups is 2. The average Bonchev–Trinajstić information content (AvgIpc) is 3.04. The summed E-state index contributed by atoms with van der Waals surface area (Å²) in [6, 6.07) is 13.1. The third kappa shape index (κ3) is 5.67. The Morgan fingerprint density at radius 1 is 1.19 bits per heavy atom. The first-order valence-corrected chi connectivity index (χ1v) is 10.5. The molecule has 1 aliphatic rings. The number of anilines is 1. The van der Waals surface area contributed by atoms with Crippen molar-refractivity contribution in [3.05, 3.63) is 78.1 Å². The molecule has 0 saturated carbocycles. The van der Waals surface area contributed by atoms with Gasteiger partial charge in [-0.05, 0) is 42.0 Å². The maximum absolute atomic E-state index is 13.1. The van der Waals surface area contributed by atoms with Crippen molar-refractivity contribution in [2.45, 2.75) is 11.7 Å². The van der Waals surface area contributed by atoms with Gasteiger partial charge in [0.05, 0.1) is 11.5 Å². The molecule has 0 radical (unpaired) electrons. The lowest BCUT2D eigenvalue weighted by Crippen LogP contribution is -2.32. The van der Waals surface area contributed by atoms with Crippen molar-refractivity contribution in [1.29, 1.82) is 0 Å². The van der Waals surface area contributed by atoms with Gasteiger partial charge in [-0.1, -0.05) is 30.0 Å². The molecule has 1 fully saturated rings. The van der Waals surface area contributed by atoms with Gasteiger partial charge in [-0.3, -0.25) is 14.5 Å². The number of carbonyl (C=O) groups excluding carboxylic acids is 2. The zero-order valence-electron chi connectivity index (χ0n) is 17.4. The summed E-state index contributed by atoms with van der Waals surface area (Å²) in [7, 11) is 3.93. The minimum atomic E-state index is -0.606. The Morgan fingerprint density at radius 3 is 2.48 bits per heavy atom. The largest absolute Gasteiger partial charge is 0.378 e. The van der Waals surface area contributed by atoms with E-state index in [1.165, 1.54) is 40.9 Å². The van der Waals surface area contributed by atoms with E-state index in [-0.39, 0.29) is 24.7 Å². The van der Waals surface area contributed by atoms with Gasteiger partial charge in [-0.25, -0.2) is 4.39 Å². The lowest BCUT2D eigenvalue weighted by atomic mass is 10.1. The van der Waals surface area contributed by atoms with Crippen LogP contribution in [0.15, 0.2) is 71.4 Å². The van der Waals surface area contributed by atoms with Crippen molar-refractivity contribution >= 4 is 40.5 Å². The third-order valence-electron chi connectivity index (χ3n) is 4.63. The maximum atomic E-state index is 13.1. The summed E-state index contributed by atoms with van der Waals surface area (Å²) in [5.74, 6) is -0.858. The molecule has 6 nitrogen and oxygen atoms in total. The smallest absolute Gasteiger partial charge is 0.242 e. The second-order valence-electron chi connectivity index (χ2n) is 7.09. The van der Waals surface area contributed by atoms with Crippen LogP contribution in [0.5, 0.6) is 0 Å². The molecule has 1 aliphatic heterocycles. The van der Waals surface area contributed by atoms with Crippen molar-refractivity contribution in [3.63, 3.8) is 0 Å². The van der Waals surface area contributed by atoms with Crippen molar-refractivity contribution in [1.82, 2.24) is 4.90 Å². The van der Waals surface area contributed by atoms with Crippen molar-refractivity contribution in [2.24, 2.45) is 10.2 Å². The molecule has 0 N–H and O–H groups in total. The Morgan fingerprint density at radius 2 is 1.87 bits per heavy atom. The molecule has 2 aromatic carbocycles. The van der Waals surface area contributed by atoms with Crippen LogP contribution in [0, 0.1) is 5.82 Å². The van der Waals surface area contributed by atoms with Crippen LogP contribution in [0.1, 0.15) is 22.3 Å². The van der Waals surface area contributed by atoms with Gasteiger partial charge in [0.15, 0.2) is 11.0 Å². The number of hydrogen-bond donors (Lipinski definition) is 0. The predicted molar refractivity (Wildman–Crippen MR) is 124 cm³/mol. The Kier molecular flexibility index (Phi) is 7.36. The lowest BCUT2D eigenvalue weighted by molar-refractivity contribution is -0.125. The van der Waals surface area contributed by atoms with Gasteiger partial charge in [-0.2, -0.15) is 5.10 Å². The quantitative estimate of drug-likeness (QED) is 0.271. The van der Waals surface area contributed by atoms with Crippen LogP contribution >= 0.6 is 11.8 Å². The average molecular weight is 439 g/mol. The number of hydrogen-bond acceptors (Lipinski definition) is 6. The highest BCUT2D eigenvalue weighted by molar-refractivity contribution is 8.15. The summed E-state index contributed by atoms with van der Waals surface area (Å²) in [4.78, 5) is 28.7. The monoisotopic (exact) mass is 438 g/mol. The number of halogens is 1. The normalized spacial score (nSPS) is 17.5. The van der Waals surface area contributed by atoms with Crippen molar-refractivity contribution in [3.8, 4) is 0 Å². The van der Waals surface area contributed by atoms with Gasteiger partial charge in [0, 0.05) is 38.3 Å². The molecule has 0 bridgehead atoms. The fraction of sp³-hybridized carbons (Fsp3) is 0.217. The second-order valence-corrected chi connectivity index (χ2v) is 8.26. The Balaban J connectivity index is 1.71. The van der Waals surface area contributed by atoms with Crippen molar-refractivity contribution in [2.75, 3.05) is 25.5 Å². The molecular weight excluding hydrogens is 415 g/mol. The van der Waals surface area contributed by atoms with Gasteiger partial charge >= 0.3 is 0 Å². The SMILES string of the molecule is C=CCN1C(=O)[C@H](CC(=O)c2ccc(F)cc2)S/C1=N\N=C/c1ccc(N(C)C)cc1. The molecule has 0 unspecified atom stereocenters. The molecule has 160 valence electrons. The molecule has 31 heavy (non-hydrogen) atoms. The summed E-state index contributed by atoms with van der Waals surface area (Å²) >= 11 is 1.20. The maximum Gasteiger partial charge on any atom is 0.242 e. The molecule has 1 amide bonds. The van der Waals surface area contributed by atoms with E-state index >= 15 is 0 Å². The number of amidine groups is 1. The van der Waals surface area contributed by atoms with Crippen LogP contribution in [0.4, 0.5) is 10.1 Å². The molecule has 2 aromatic rings. The molecule has 0 spiro atoms. The highest BCUT2D eigenvalue weighted by atomic mass is 32.2. The number of benzene rings is 2. The molecule has 3 rings (SSSR count). The fourth-order valence-corrected chi connectivity index (χ4v) is 4.04. The fourth-order valence-electron chi connectivity index (χ4n) is 2.94. The number of thioether (sulfide) groups is 1. The molecule has 8 heteroatoms. The number of rotatable bonds is 8. The molecular formula is C23H23FN4O2S. The van der Waals surface area contributed by atoms with E-state index in [9.17, 15) is 14.0 Å². The van der Waals surface area contributed by atoms with Gasteiger partial charge in [0.25, 0.3) is 0 Å². The van der Waals surface area contributed by atoms with E-state index in [0.717, 1.165) is 11.3 Å². The predicted octanol–water partition coefficient (Wildman–Crippen LogP) is 3.98. The van der Waals surface area contributed by atoms with E-state index < -0.39 is 11.1 Å². The van der Waals surface area contributed by atoms with E-state index in [1.807, 2.05) is 43.3 Å². The molecule has 1 saturated heterocycles. The van der Waals surface area contributed by atoms with Crippen LogP contribution in [0.2, 0.25) is 0 Å². The lowest BCUT2D eigenvalue weighted by Gasteiger charge is -2.12. The minimum Gasteiger partial charge on any atom is -0.378 e. The Hall–Kier alpha value is -3.26. The second kappa shape index (κ2) is 10.2. The first kappa shape index (κ1) is 22.4. The van der Waals surface area contributed by atoms with E-state index in [1.54, 1.807) is 12.3 Å². The van der Waals surface area contributed by atoms with Gasteiger partial charge < -0.3 is 4.90 Å². The van der Waals surface area contributed by atoms with Crippen molar-refractivity contribution < 1.29 is 14.0 Å². The molecule has 0 aliphatic carbocycles. The van der Waals surface area contributed by atoms with Crippen LogP contribution in [-0.2, 0) is 4.79 Å². The Bertz CT molecular complexity index is 1020.